The highest BCUT2D eigenvalue weighted by Crippen LogP contribution is 2.37. The number of nitrogens with zero attached hydrogens (tertiary/aromatic N) is 1. The first kappa shape index (κ1) is 14.7. The second-order valence-corrected chi connectivity index (χ2v) is 7.18. The topological polar surface area (TPSA) is 46.6 Å². The summed E-state index contributed by atoms with van der Waals surface area (Å²) < 4.78 is 5.54. The van der Waals surface area contributed by atoms with Gasteiger partial charge in [0.25, 0.3) is 0 Å². The minimum Gasteiger partial charge on any atom is -0.381 e. The van der Waals surface area contributed by atoms with Crippen LogP contribution in [0.2, 0.25) is 0 Å². The number of ketones is 1. The first-order valence-electron chi connectivity index (χ1n) is 7.52. The van der Waals surface area contributed by atoms with Gasteiger partial charge in [-0.05, 0) is 43.2 Å². The Morgan fingerprint density at radius 1 is 1.43 bits per heavy atom. The Labute approximate surface area is 129 Å². The Morgan fingerprint density at radius 2 is 2.29 bits per heavy atom. The van der Waals surface area contributed by atoms with Gasteiger partial charge in [-0.3, -0.25) is 9.59 Å². The van der Waals surface area contributed by atoms with Gasteiger partial charge in [0.05, 0.1) is 17.9 Å². The maximum absolute atomic E-state index is 12.5. The van der Waals surface area contributed by atoms with Gasteiger partial charge in [-0.25, -0.2) is 0 Å². The summed E-state index contributed by atoms with van der Waals surface area (Å²) in [6, 6.07) is 1.85. The number of piperidine rings is 1. The predicted molar refractivity (Wildman–Crippen MR) is 81.7 cm³/mol. The smallest absolute Gasteiger partial charge is 0.227 e. The maximum Gasteiger partial charge on any atom is 0.227 e. The number of Topliss-reactive ketones (excluding diaryl/α,β-unsaturated/α-hetero) is 1. The van der Waals surface area contributed by atoms with Crippen LogP contribution in [-0.4, -0.2) is 42.9 Å². The van der Waals surface area contributed by atoms with Crippen LogP contribution in [0.1, 0.15) is 41.4 Å². The summed E-state index contributed by atoms with van der Waals surface area (Å²) in [6.45, 7) is 4.87. The summed E-state index contributed by atoms with van der Waals surface area (Å²) in [6.07, 6.45) is 3.71. The van der Waals surface area contributed by atoms with Crippen LogP contribution < -0.4 is 0 Å². The monoisotopic (exact) mass is 307 g/mol. The molecule has 1 aromatic rings. The fourth-order valence-electron chi connectivity index (χ4n) is 3.33. The molecule has 0 aromatic carbocycles. The number of ether oxygens (including phenoxy) is 1. The van der Waals surface area contributed by atoms with Crippen molar-refractivity contribution in [2.45, 2.75) is 32.6 Å². The number of thiophene rings is 1. The molecular formula is C16H21NO3S. The number of carbonyl (C=O) groups is 2. The summed E-state index contributed by atoms with van der Waals surface area (Å²) in [4.78, 5) is 26.5. The number of carbonyl (C=O) groups excluding carboxylic acids is 2. The first-order valence-corrected chi connectivity index (χ1v) is 8.40. The summed E-state index contributed by atoms with van der Waals surface area (Å²) in [7, 11) is 0. The molecule has 0 aliphatic carbocycles. The third-order valence-corrected chi connectivity index (χ3v) is 5.64. The number of hydrogen-bond donors (Lipinski definition) is 0. The third-order valence-electron chi connectivity index (χ3n) is 4.56. The van der Waals surface area contributed by atoms with E-state index in [2.05, 4.69) is 0 Å². The van der Waals surface area contributed by atoms with Crippen molar-refractivity contribution < 1.29 is 14.3 Å². The molecule has 3 rings (SSSR count). The highest BCUT2D eigenvalue weighted by atomic mass is 32.1. The van der Waals surface area contributed by atoms with E-state index in [4.69, 9.17) is 4.74 Å². The number of hydrogen-bond acceptors (Lipinski definition) is 4. The minimum atomic E-state index is 0.0683. The zero-order valence-electron chi connectivity index (χ0n) is 12.4. The van der Waals surface area contributed by atoms with E-state index in [1.165, 1.54) is 17.8 Å². The Morgan fingerprint density at radius 3 is 2.95 bits per heavy atom. The molecule has 1 spiro atoms. The van der Waals surface area contributed by atoms with Crippen LogP contribution in [0.5, 0.6) is 0 Å². The lowest BCUT2D eigenvalue weighted by molar-refractivity contribution is -0.134. The molecule has 1 aromatic heterocycles. The standard InChI is InChI=1S/C16H21NO3S/c1-12(18)14-7-13(9-21-14)8-15(19)17-5-2-3-16(10-17)4-6-20-11-16/h7,9H,2-6,8,10-11H2,1H3. The molecule has 21 heavy (non-hydrogen) atoms. The van der Waals surface area contributed by atoms with Crippen molar-refractivity contribution in [2.75, 3.05) is 26.3 Å². The van der Waals surface area contributed by atoms with Crippen LogP contribution in [0.15, 0.2) is 11.4 Å². The van der Waals surface area contributed by atoms with Gasteiger partial charge in [-0.1, -0.05) is 0 Å². The van der Waals surface area contributed by atoms with Crippen molar-refractivity contribution >= 4 is 23.0 Å². The van der Waals surface area contributed by atoms with Gasteiger partial charge in [0.1, 0.15) is 0 Å². The molecule has 0 bridgehead atoms. The van der Waals surface area contributed by atoms with Gasteiger partial charge in [0.15, 0.2) is 5.78 Å². The van der Waals surface area contributed by atoms with Gasteiger partial charge in [-0.15, -0.1) is 11.3 Å². The molecule has 2 saturated heterocycles. The zero-order valence-corrected chi connectivity index (χ0v) is 13.2. The Bertz CT molecular complexity index is 545. The third kappa shape index (κ3) is 3.19. The molecule has 5 heteroatoms. The molecule has 114 valence electrons. The van der Waals surface area contributed by atoms with E-state index < -0.39 is 0 Å². The molecule has 2 fully saturated rings. The molecule has 3 heterocycles. The highest BCUT2D eigenvalue weighted by molar-refractivity contribution is 7.12. The largest absolute Gasteiger partial charge is 0.381 e. The maximum atomic E-state index is 12.5. The average Bonchev–Trinajstić information content (AvgIpc) is 3.09. The van der Waals surface area contributed by atoms with E-state index in [1.807, 2.05) is 16.3 Å². The highest BCUT2D eigenvalue weighted by Gasteiger charge is 2.40. The van der Waals surface area contributed by atoms with Gasteiger partial charge in [0.2, 0.25) is 5.91 Å². The molecule has 0 saturated carbocycles. The van der Waals surface area contributed by atoms with Crippen molar-refractivity contribution in [3.8, 4) is 0 Å². The van der Waals surface area contributed by atoms with Gasteiger partial charge in [0, 0.05) is 25.1 Å². The number of rotatable bonds is 3. The van der Waals surface area contributed by atoms with Crippen LogP contribution in [0.25, 0.3) is 0 Å². The van der Waals surface area contributed by atoms with Gasteiger partial charge in [-0.2, -0.15) is 0 Å². The molecule has 4 nitrogen and oxygen atoms in total. The van der Waals surface area contributed by atoms with E-state index >= 15 is 0 Å². The van der Waals surface area contributed by atoms with E-state index in [-0.39, 0.29) is 17.1 Å². The van der Waals surface area contributed by atoms with Crippen LogP contribution in [0, 0.1) is 5.41 Å². The number of amides is 1. The summed E-state index contributed by atoms with van der Waals surface area (Å²) in [5.74, 6) is 0.243. The minimum absolute atomic E-state index is 0.0683. The van der Waals surface area contributed by atoms with Gasteiger partial charge >= 0.3 is 0 Å². The summed E-state index contributed by atoms with van der Waals surface area (Å²) >= 11 is 1.42. The van der Waals surface area contributed by atoms with Crippen molar-refractivity contribution in [3.05, 3.63) is 21.9 Å². The fraction of sp³-hybridized carbons (Fsp3) is 0.625. The Hall–Kier alpha value is -1.20. The molecule has 2 aliphatic heterocycles. The molecule has 1 unspecified atom stereocenters. The molecule has 0 radical (unpaired) electrons. The van der Waals surface area contributed by atoms with Gasteiger partial charge < -0.3 is 9.64 Å². The SMILES string of the molecule is CC(=O)c1cc(CC(=O)N2CCCC3(CCOC3)C2)cs1. The quantitative estimate of drug-likeness (QED) is 0.806. The van der Waals surface area contributed by atoms with Crippen molar-refractivity contribution in [1.29, 1.82) is 0 Å². The van der Waals surface area contributed by atoms with Crippen LogP contribution in [-0.2, 0) is 16.0 Å². The zero-order chi connectivity index (χ0) is 14.9. The molecule has 1 atom stereocenters. The van der Waals surface area contributed by atoms with Crippen molar-refractivity contribution in [1.82, 2.24) is 4.90 Å². The fourth-order valence-corrected chi connectivity index (χ4v) is 4.15. The molecule has 1 amide bonds. The van der Waals surface area contributed by atoms with Crippen molar-refractivity contribution in [3.63, 3.8) is 0 Å². The summed E-state index contributed by atoms with van der Waals surface area (Å²) in [5, 5.41) is 1.92. The van der Waals surface area contributed by atoms with E-state index in [0.29, 0.717) is 6.42 Å². The molecule has 2 aliphatic rings. The normalized spacial score (nSPS) is 25.5. The lowest BCUT2D eigenvalue weighted by atomic mass is 9.79. The molecular weight excluding hydrogens is 286 g/mol. The lowest BCUT2D eigenvalue weighted by Crippen LogP contribution is -2.47. The summed E-state index contributed by atoms with van der Waals surface area (Å²) in [5.41, 5.74) is 1.16. The average molecular weight is 307 g/mol. The second kappa shape index (κ2) is 5.89. The van der Waals surface area contributed by atoms with Crippen LogP contribution >= 0.6 is 11.3 Å². The number of likely N-dealkylation sites (tertiary alicyclic amines) is 1. The van der Waals surface area contributed by atoms with Crippen LogP contribution in [0.3, 0.4) is 0 Å². The first-order chi connectivity index (χ1) is 10.1. The van der Waals surface area contributed by atoms with Crippen molar-refractivity contribution in [2.24, 2.45) is 5.41 Å². The second-order valence-electron chi connectivity index (χ2n) is 6.27. The van der Waals surface area contributed by atoms with E-state index in [1.54, 1.807) is 6.92 Å². The van der Waals surface area contributed by atoms with Crippen LogP contribution in [0.4, 0.5) is 0 Å². The Kier molecular flexibility index (Phi) is 4.13. The van der Waals surface area contributed by atoms with E-state index in [9.17, 15) is 9.59 Å². The van der Waals surface area contributed by atoms with E-state index in [0.717, 1.165) is 49.6 Å². The lowest BCUT2D eigenvalue weighted by Gasteiger charge is -2.39. The predicted octanol–water partition coefficient (Wildman–Crippen LogP) is 2.52. The molecule has 0 N–H and O–H groups in total. The Balaban J connectivity index is 1.63.